The summed E-state index contributed by atoms with van der Waals surface area (Å²) in [5.41, 5.74) is 3.52. The molecule has 0 aliphatic carbocycles. The molecule has 0 aliphatic heterocycles. The van der Waals surface area contributed by atoms with Crippen LogP contribution in [0.3, 0.4) is 0 Å². The van der Waals surface area contributed by atoms with E-state index in [1.807, 2.05) is 60.9 Å². The molecular formula is C20H19N3O2. The van der Waals surface area contributed by atoms with Gasteiger partial charge < -0.3 is 19.6 Å². The largest absolute Gasteiger partial charge is 0.383 e. The second-order valence-corrected chi connectivity index (χ2v) is 6.01. The number of amides is 1. The van der Waals surface area contributed by atoms with Crippen molar-refractivity contribution in [3.8, 4) is 0 Å². The number of aromatic nitrogens is 2. The van der Waals surface area contributed by atoms with Gasteiger partial charge in [0.25, 0.3) is 5.91 Å². The number of benzene rings is 2. The van der Waals surface area contributed by atoms with E-state index < -0.39 is 0 Å². The van der Waals surface area contributed by atoms with Gasteiger partial charge in [-0.1, -0.05) is 6.07 Å². The topological polar surface area (TPSA) is 59.0 Å². The smallest absolute Gasteiger partial charge is 0.255 e. The number of aromatic amines is 1. The fourth-order valence-electron chi connectivity index (χ4n) is 3.05. The summed E-state index contributed by atoms with van der Waals surface area (Å²) >= 11 is 0. The fourth-order valence-corrected chi connectivity index (χ4v) is 3.05. The highest BCUT2D eigenvalue weighted by atomic mass is 16.5. The van der Waals surface area contributed by atoms with Gasteiger partial charge in [-0.2, -0.15) is 0 Å². The number of carbonyl (C=O) groups excluding carboxylic acids is 1. The van der Waals surface area contributed by atoms with E-state index in [9.17, 15) is 4.79 Å². The van der Waals surface area contributed by atoms with Gasteiger partial charge in [0.1, 0.15) is 0 Å². The molecular weight excluding hydrogens is 314 g/mol. The zero-order chi connectivity index (χ0) is 17.2. The monoisotopic (exact) mass is 333 g/mol. The van der Waals surface area contributed by atoms with Crippen LogP contribution in [0, 0.1) is 0 Å². The first-order chi connectivity index (χ1) is 12.2. The second-order valence-electron chi connectivity index (χ2n) is 6.01. The van der Waals surface area contributed by atoms with Crippen LogP contribution in [0.2, 0.25) is 0 Å². The highest BCUT2D eigenvalue weighted by Crippen LogP contribution is 2.21. The highest BCUT2D eigenvalue weighted by Gasteiger charge is 2.09. The van der Waals surface area contributed by atoms with E-state index in [1.165, 1.54) is 0 Å². The Hall–Kier alpha value is -3.05. The number of rotatable bonds is 5. The number of nitrogens with one attached hydrogen (secondary N) is 2. The number of ether oxygens (including phenoxy) is 1. The molecule has 0 saturated heterocycles. The van der Waals surface area contributed by atoms with Crippen LogP contribution < -0.4 is 5.32 Å². The number of carbonyl (C=O) groups is 1. The van der Waals surface area contributed by atoms with Crippen molar-refractivity contribution in [2.24, 2.45) is 0 Å². The third-order valence-corrected chi connectivity index (χ3v) is 4.38. The van der Waals surface area contributed by atoms with Crippen LogP contribution in [-0.2, 0) is 11.3 Å². The molecule has 25 heavy (non-hydrogen) atoms. The molecule has 126 valence electrons. The maximum absolute atomic E-state index is 12.6. The number of hydrogen-bond donors (Lipinski definition) is 2. The van der Waals surface area contributed by atoms with Gasteiger partial charge in [-0.25, -0.2) is 0 Å². The van der Waals surface area contributed by atoms with Crippen molar-refractivity contribution in [3.63, 3.8) is 0 Å². The summed E-state index contributed by atoms with van der Waals surface area (Å²) in [5.74, 6) is -0.113. The van der Waals surface area contributed by atoms with Crippen molar-refractivity contribution < 1.29 is 9.53 Å². The van der Waals surface area contributed by atoms with Crippen LogP contribution in [0.1, 0.15) is 10.4 Å². The third-order valence-electron chi connectivity index (χ3n) is 4.38. The van der Waals surface area contributed by atoms with E-state index in [0.717, 1.165) is 34.0 Å². The number of methoxy groups -OCH3 is 1. The van der Waals surface area contributed by atoms with E-state index in [1.54, 1.807) is 7.11 Å². The van der Waals surface area contributed by atoms with Gasteiger partial charge in [-0.05, 0) is 47.9 Å². The molecule has 0 saturated carbocycles. The number of hydrogen-bond acceptors (Lipinski definition) is 2. The highest BCUT2D eigenvalue weighted by molar-refractivity contribution is 6.07. The molecule has 0 radical (unpaired) electrons. The molecule has 2 N–H and O–H groups in total. The van der Waals surface area contributed by atoms with Gasteiger partial charge in [0.15, 0.2) is 0 Å². The average molecular weight is 333 g/mol. The fraction of sp³-hybridized carbons (Fsp3) is 0.150. The lowest BCUT2D eigenvalue weighted by Crippen LogP contribution is -2.11. The van der Waals surface area contributed by atoms with Crippen molar-refractivity contribution in [2.75, 3.05) is 19.0 Å². The molecule has 4 aromatic rings. The predicted molar refractivity (Wildman–Crippen MR) is 100 cm³/mol. The molecule has 1 amide bonds. The van der Waals surface area contributed by atoms with E-state index in [0.29, 0.717) is 12.2 Å². The molecule has 5 nitrogen and oxygen atoms in total. The van der Waals surface area contributed by atoms with E-state index in [-0.39, 0.29) is 5.91 Å². The Bertz CT molecular complexity index is 1050. The molecule has 0 unspecified atom stereocenters. The summed E-state index contributed by atoms with van der Waals surface area (Å²) in [7, 11) is 1.69. The molecule has 0 aliphatic rings. The Kier molecular flexibility index (Phi) is 3.99. The van der Waals surface area contributed by atoms with Gasteiger partial charge in [0, 0.05) is 53.7 Å². The summed E-state index contributed by atoms with van der Waals surface area (Å²) < 4.78 is 7.25. The van der Waals surface area contributed by atoms with Crippen LogP contribution in [0.15, 0.2) is 60.9 Å². The normalized spacial score (nSPS) is 11.2. The standard InChI is InChI=1S/C20H19N3O2/c1-25-11-10-23-9-7-15-12-16(3-5-19(15)23)20(24)22-17-4-2-14-6-8-21-18(14)13-17/h2-9,12-13,21H,10-11H2,1H3,(H,22,24). The predicted octanol–water partition coefficient (Wildman–Crippen LogP) is 4.02. The summed E-state index contributed by atoms with van der Waals surface area (Å²) in [6, 6.07) is 15.6. The molecule has 0 bridgehead atoms. The number of H-pyrrole nitrogens is 1. The Morgan fingerprint density at radius 1 is 1.12 bits per heavy atom. The van der Waals surface area contributed by atoms with Crippen molar-refractivity contribution in [1.29, 1.82) is 0 Å². The summed E-state index contributed by atoms with van der Waals surface area (Å²) in [5, 5.41) is 5.13. The Morgan fingerprint density at radius 2 is 2.04 bits per heavy atom. The van der Waals surface area contributed by atoms with Gasteiger partial charge in [-0.3, -0.25) is 4.79 Å². The van der Waals surface area contributed by atoms with Gasteiger partial charge in [0.05, 0.1) is 6.61 Å². The van der Waals surface area contributed by atoms with Crippen molar-refractivity contribution in [1.82, 2.24) is 9.55 Å². The van der Waals surface area contributed by atoms with E-state index >= 15 is 0 Å². The lowest BCUT2D eigenvalue weighted by Gasteiger charge is -2.07. The number of fused-ring (bicyclic) bond motifs is 2. The lowest BCUT2D eigenvalue weighted by atomic mass is 10.1. The third kappa shape index (κ3) is 3.02. The summed E-state index contributed by atoms with van der Waals surface area (Å²) in [6.45, 7) is 1.45. The molecule has 0 spiro atoms. The number of anilines is 1. The first-order valence-corrected chi connectivity index (χ1v) is 8.21. The van der Waals surface area contributed by atoms with Crippen LogP contribution >= 0.6 is 0 Å². The van der Waals surface area contributed by atoms with Crippen molar-refractivity contribution in [2.45, 2.75) is 6.54 Å². The molecule has 2 aromatic heterocycles. The first kappa shape index (κ1) is 15.5. The van der Waals surface area contributed by atoms with Crippen LogP contribution in [-0.4, -0.2) is 29.2 Å². The molecule has 2 aromatic carbocycles. The van der Waals surface area contributed by atoms with Crippen molar-refractivity contribution in [3.05, 3.63) is 66.5 Å². The molecule has 2 heterocycles. The molecule has 4 rings (SSSR count). The Morgan fingerprint density at radius 3 is 2.92 bits per heavy atom. The molecule has 5 heteroatoms. The zero-order valence-corrected chi connectivity index (χ0v) is 14.0. The minimum atomic E-state index is -0.113. The second kappa shape index (κ2) is 6.45. The number of nitrogens with zero attached hydrogens (tertiary/aromatic N) is 1. The molecule has 0 atom stereocenters. The van der Waals surface area contributed by atoms with E-state index in [2.05, 4.69) is 14.9 Å². The average Bonchev–Trinajstić information content (AvgIpc) is 3.25. The van der Waals surface area contributed by atoms with Crippen LogP contribution in [0.25, 0.3) is 21.8 Å². The quantitative estimate of drug-likeness (QED) is 0.579. The van der Waals surface area contributed by atoms with Gasteiger partial charge >= 0.3 is 0 Å². The van der Waals surface area contributed by atoms with Crippen LogP contribution in [0.5, 0.6) is 0 Å². The first-order valence-electron chi connectivity index (χ1n) is 8.21. The lowest BCUT2D eigenvalue weighted by molar-refractivity contribution is 0.102. The SMILES string of the molecule is COCCn1ccc2cc(C(=O)Nc3ccc4cc[nH]c4c3)ccc21. The van der Waals surface area contributed by atoms with Crippen molar-refractivity contribution >= 4 is 33.4 Å². The Labute approximate surface area is 145 Å². The van der Waals surface area contributed by atoms with E-state index in [4.69, 9.17) is 4.74 Å². The minimum Gasteiger partial charge on any atom is -0.383 e. The maximum atomic E-state index is 12.6. The van der Waals surface area contributed by atoms with Gasteiger partial charge in [0.2, 0.25) is 0 Å². The maximum Gasteiger partial charge on any atom is 0.255 e. The van der Waals surface area contributed by atoms with Crippen LogP contribution in [0.4, 0.5) is 5.69 Å². The zero-order valence-electron chi connectivity index (χ0n) is 14.0. The summed E-state index contributed by atoms with van der Waals surface area (Å²) in [6.07, 6.45) is 3.91. The summed E-state index contributed by atoms with van der Waals surface area (Å²) in [4.78, 5) is 15.7. The van der Waals surface area contributed by atoms with Gasteiger partial charge in [-0.15, -0.1) is 0 Å². The Balaban J connectivity index is 1.56. The molecule has 0 fully saturated rings. The minimum absolute atomic E-state index is 0.113.